The number of aromatic nitrogens is 1. The van der Waals surface area contributed by atoms with E-state index in [1.165, 1.54) is 13.8 Å². The lowest BCUT2D eigenvalue weighted by atomic mass is 10.1. The van der Waals surface area contributed by atoms with Crippen LogP contribution in [0.25, 0.3) is 10.6 Å². The molecule has 0 bridgehead atoms. The summed E-state index contributed by atoms with van der Waals surface area (Å²) >= 11 is 1.08. The van der Waals surface area contributed by atoms with Crippen LogP contribution in [0, 0.1) is 6.92 Å². The zero-order valence-electron chi connectivity index (χ0n) is 14.8. The van der Waals surface area contributed by atoms with Gasteiger partial charge in [0.1, 0.15) is 11.7 Å². The standard InChI is InChI=1S/C17H18F3N3O3S/c1-9-14(22-26-15(9)17(18,19)20)12-5-6-13(27-12)16(25)23-7-3-4-11(8-23)21-10(2)24/h5-6,11H,3-4,7-8H2,1-2H3,(H,21,24)/p+1. The molecule has 3 rings (SSSR count). The summed E-state index contributed by atoms with van der Waals surface area (Å²) in [5.41, 5.74) is -0.00903. The monoisotopic (exact) mass is 402 g/mol. The number of nitrogens with zero attached hydrogens (tertiary/aromatic N) is 2. The number of hydrogen-bond donors (Lipinski definition) is 1. The Morgan fingerprint density at radius 2 is 2.11 bits per heavy atom. The minimum absolute atomic E-state index is 0.0188. The Labute approximate surface area is 157 Å². The van der Waals surface area contributed by atoms with Crippen LogP contribution >= 0.6 is 11.3 Å². The number of quaternary nitrogens is 1. The van der Waals surface area contributed by atoms with Gasteiger partial charge < -0.3 is 9.42 Å². The van der Waals surface area contributed by atoms with Gasteiger partial charge in [-0.05, 0) is 25.5 Å². The molecule has 27 heavy (non-hydrogen) atoms. The second-order valence-electron chi connectivity index (χ2n) is 6.58. The Morgan fingerprint density at radius 3 is 2.74 bits per heavy atom. The highest BCUT2D eigenvalue weighted by molar-refractivity contribution is 7.17. The summed E-state index contributed by atoms with van der Waals surface area (Å²) in [6.45, 7) is 3.84. The van der Waals surface area contributed by atoms with Gasteiger partial charge >= 0.3 is 12.1 Å². The molecule has 0 aromatic carbocycles. The maximum atomic E-state index is 12.9. The first-order chi connectivity index (χ1) is 12.7. The van der Waals surface area contributed by atoms with Gasteiger partial charge in [0.25, 0.3) is 5.91 Å². The molecule has 1 aliphatic rings. The number of alkyl halides is 3. The Bertz CT molecular complexity index is 859. The van der Waals surface area contributed by atoms with Crippen LogP contribution in [-0.2, 0) is 11.0 Å². The quantitative estimate of drug-likeness (QED) is 0.855. The van der Waals surface area contributed by atoms with E-state index < -0.39 is 11.9 Å². The molecule has 2 N–H and O–H groups in total. The van der Waals surface area contributed by atoms with Crippen LogP contribution in [0.1, 0.15) is 40.8 Å². The third-order valence-corrected chi connectivity index (χ3v) is 5.53. The zero-order valence-corrected chi connectivity index (χ0v) is 15.6. The first-order valence-electron chi connectivity index (χ1n) is 8.45. The lowest BCUT2D eigenvalue weighted by molar-refractivity contribution is -0.606. The van der Waals surface area contributed by atoms with E-state index >= 15 is 0 Å². The summed E-state index contributed by atoms with van der Waals surface area (Å²) in [5, 5.41) is 5.17. The van der Waals surface area contributed by atoms with Crippen molar-refractivity contribution >= 4 is 23.2 Å². The number of primary amides is 1. The van der Waals surface area contributed by atoms with Crippen LogP contribution in [0.5, 0.6) is 0 Å². The topological polar surface area (TPSA) is 80.0 Å². The van der Waals surface area contributed by atoms with Crippen molar-refractivity contribution in [3.05, 3.63) is 28.3 Å². The van der Waals surface area contributed by atoms with Crippen LogP contribution in [0.3, 0.4) is 0 Å². The lowest BCUT2D eigenvalue weighted by Crippen LogP contribution is -2.94. The highest BCUT2D eigenvalue weighted by Gasteiger charge is 2.39. The Balaban J connectivity index is 1.77. The molecule has 0 aliphatic carbocycles. The highest BCUT2D eigenvalue weighted by atomic mass is 32.1. The Kier molecular flexibility index (Phi) is 5.38. The number of hydrogen-bond acceptors (Lipinski definition) is 5. The van der Waals surface area contributed by atoms with E-state index in [0.717, 1.165) is 24.2 Å². The molecule has 1 fully saturated rings. The molecule has 2 aromatic rings. The van der Waals surface area contributed by atoms with Crippen LogP contribution in [0.15, 0.2) is 16.7 Å². The van der Waals surface area contributed by atoms with E-state index in [1.807, 2.05) is 0 Å². The molecule has 0 spiro atoms. The first kappa shape index (κ1) is 19.6. The van der Waals surface area contributed by atoms with Crippen molar-refractivity contribution in [2.24, 2.45) is 0 Å². The molecular formula is C17H19F3N3O3S+. The number of thiophene rings is 1. The van der Waals surface area contributed by atoms with Gasteiger partial charge in [-0.15, -0.1) is 11.3 Å². The van der Waals surface area contributed by atoms with E-state index in [4.69, 9.17) is 0 Å². The predicted molar refractivity (Wildman–Crippen MR) is 91.1 cm³/mol. The molecule has 0 saturated carbocycles. The number of likely N-dealkylation sites (tertiary alicyclic amines) is 1. The van der Waals surface area contributed by atoms with Crippen molar-refractivity contribution in [2.75, 3.05) is 13.1 Å². The van der Waals surface area contributed by atoms with Gasteiger partial charge in [-0.25, -0.2) is 4.79 Å². The van der Waals surface area contributed by atoms with Crippen LogP contribution in [0.4, 0.5) is 13.2 Å². The van der Waals surface area contributed by atoms with Crippen molar-refractivity contribution in [1.82, 2.24) is 10.1 Å². The fourth-order valence-electron chi connectivity index (χ4n) is 3.23. The van der Waals surface area contributed by atoms with Crippen LogP contribution < -0.4 is 5.32 Å². The number of carbonyl (C=O) groups excluding carboxylic acids is 2. The first-order valence-corrected chi connectivity index (χ1v) is 9.27. The second-order valence-corrected chi connectivity index (χ2v) is 7.66. The summed E-state index contributed by atoms with van der Waals surface area (Å²) in [7, 11) is 0. The van der Waals surface area contributed by atoms with Gasteiger partial charge in [0, 0.05) is 18.5 Å². The van der Waals surface area contributed by atoms with E-state index in [2.05, 4.69) is 9.68 Å². The summed E-state index contributed by atoms with van der Waals surface area (Å²) in [5.74, 6) is -1.34. The maximum Gasteiger partial charge on any atom is 0.452 e. The molecule has 2 aromatic heterocycles. The van der Waals surface area contributed by atoms with Gasteiger partial charge in [-0.1, -0.05) is 5.16 Å². The fourth-order valence-corrected chi connectivity index (χ4v) is 4.24. The lowest BCUT2D eigenvalue weighted by Gasteiger charge is -2.30. The molecular weight excluding hydrogens is 383 g/mol. The number of amides is 2. The van der Waals surface area contributed by atoms with E-state index in [9.17, 15) is 22.8 Å². The third kappa shape index (κ3) is 4.22. The van der Waals surface area contributed by atoms with Gasteiger partial charge in [0.05, 0.1) is 23.2 Å². The average Bonchev–Trinajstić information content (AvgIpc) is 3.19. The Hall–Kier alpha value is -2.20. The molecule has 3 heterocycles. The molecule has 1 unspecified atom stereocenters. The Morgan fingerprint density at radius 1 is 1.37 bits per heavy atom. The smallest absolute Gasteiger partial charge is 0.351 e. The highest BCUT2D eigenvalue weighted by Crippen LogP contribution is 2.38. The van der Waals surface area contributed by atoms with E-state index in [0.29, 0.717) is 22.8 Å². The number of carbonyl (C=O) groups is 2. The molecule has 0 radical (unpaired) electrons. The maximum absolute atomic E-state index is 12.9. The van der Waals surface area contributed by atoms with E-state index in [-0.39, 0.29) is 29.1 Å². The summed E-state index contributed by atoms with van der Waals surface area (Å²) < 4.78 is 43.0. The summed E-state index contributed by atoms with van der Waals surface area (Å²) in [6.07, 6.45) is -2.95. The number of halogens is 3. The van der Waals surface area contributed by atoms with Crippen molar-refractivity contribution in [1.29, 1.82) is 0 Å². The summed E-state index contributed by atoms with van der Waals surface area (Å²) in [4.78, 5) is 26.6. The van der Waals surface area contributed by atoms with Crippen LogP contribution in [-0.4, -0.2) is 41.0 Å². The normalized spacial score (nSPS) is 18.0. The SMILES string of the molecule is CC(=O)[NH2+]C1CCCN(C(=O)c2ccc(-c3noc(C(F)(F)F)c3C)s2)C1. The van der Waals surface area contributed by atoms with Crippen molar-refractivity contribution in [2.45, 2.75) is 38.9 Å². The second kappa shape index (κ2) is 7.43. The fraction of sp³-hybridized carbons (Fsp3) is 0.471. The molecule has 146 valence electrons. The van der Waals surface area contributed by atoms with Crippen molar-refractivity contribution in [3.8, 4) is 10.6 Å². The van der Waals surface area contributed by atoms with Gasteiger partial charge in [-0.3, -0.25) is 10.1 Å². The molecule has 10 heteroatoms. The average molecular weight is 402 g/mol. The molecule has 6 nitrogen and oxygen atoms in total. The number of nitrogens with two attached hydrogens (primary N) is 1. The minimum atomic E-state index is -4.61. The number of rotatable bonds is 3. The minimum Gasteiger partial charge on any atom is -0.351 e. The van der Waals surface area contributed by atoms with Crippen molar-refractivity contribution in [3.63, 3.8) is 0 Å². The third-order valence-electron chi connectivity index (χ3n) is 4.45. The van der Waals surface area contributed by atoms with Gasteiger partial charge in [0.2, 0.25) is 5.76 Å². The molecule has 1 aliphatic heterocycles. The zero-order chi connectivity index (χ0) is 19.8. The predicted octanol–water partition coefficient (Wildman–Crippen LogP) is 2.44. The largest absolute Gasteiger partial charge is 0.452 e. The summed E-state index contributed by atoms with van der Waals surface area (Å²) in [6, 6.07) is 3.19. The molecule has 1 atom stereocenters. The van der Waals surface area contributed by atoms with Gasteiger partial charge in [0.15, 0.2) is 0 Å². The molecule has 1 saturated heterocycles. The van der Waals surface area contributed by atoms with Gasteiger partial charge in [-0.2, -0.15) is 13.2 Å². The molecule has 2 amide bonds. The van der Waals surface area contributed by atoms with E-state index in [1.54, 1.807) is 22.3 Å². The van der Waals surface area contributed by atoms with Crippen LogP contribution in [0.2, 0.25) is 0 Å². The number of piperidine rings is 1. The van der Waals surface area contributed by atoms with Crippen molar-refractivity contribution < 1.29 is 32.6 Å².